The molecule has 0 unspecified atom stereocenters. The van der Waals surface area contributed by atoms with E-state index < -0.39 is 0 Å². The van der Waals surface area contributed by atoms with Crippen LogP contribution in [0, 0.1) is 0 Å². The van der Waals surface area contributed by atoms with Crippen LogP contribution < -0.4 is 10.2 Å². The summed E-state index contributed by atoms with van der Waals surface area (Å²) in [7, 11) is 0. The molecule has 1 heterocycles. The zero-order chi connectivity index (χ0) is 23.3. The highest BCUT2D eigenvalue weighted by Gasteiger charge is 2.34. The van der Waals surface area contributed by atoms with Crippen molar-refractivity contribution >= 4 is 40.9 Å². The first-order valence-corrected chi connectivity index (χ1v) is 11.8. The first kappa shape index (κ1) is 23.9. The topological polar surface area (TPSA) is 75.7 Å². The average Bonchev–Trinajstić information content (AvgIpc) is 3.14. The number of carbonyl (C=O) groups excluding carboxylic acids is 3. The van der Waals surface area contributed by atoms with Gasteiger partial charge in [0.1, 0.15) is 5.37 Å². The maximum absolute atomic E-state index is 12.6. The Kier molecular flexibility index (Phi) is 7.61. The molecule has 0 saturated carbocycles. The molecule has 170 valence electrons. The molecule has 1 aliphatic rings. The van der Waals surface area contributed by atoms with E-state index in [9.17, 15) is 14.4 Å². The van der Waals surface area contributed by atoms with E-state index in [0.29, 0.717) is 18.0 Å². The molecule has 0 radical (unpaired) electrons. The SMILES string of the molecule is CCOC(=O)CCC(=O)Nc1ccc([C@H]2SCC(=O)N2c2ccc(C(C)(C)C)cc2)cc1. The number of nitrogens with one attached hydrogen (secondary N) is 1. The fourth-order valence-electron chi connectivity index (χ4n) is 3.48. The van der Waals surface area contributed by atoms with Crippen molar-refractivity contribution in [2.75, 3.05) is 22.6 Å². The van der Waals surface area contributed by atoms with Gasteiger partial charge in [-0.05, 0) is 47.7 Å². The second kappa shape index (κ2) is 10.2. The third-order valence-corrected chi connectivity index (χ3v) is 6.43. The molecular formula is C25H30N2O4S. The number of thioether (sulfide) groups is 1. The van der Waals surface area contributed by atoms with Crippen LogP contribution in [0.15, 0.2) is 48.5 Å². The predicted octanol–water partition coefficient (Wildman–Crippen LogP) is 5.04. The third-order valence-electron chi connectivity index (χ3n) is 5.22. The average molecular weight is 455 g/mol. The van der Waals surface area contributed by atoms with Gasteiger partial charge in [-0.1, -0.05) is 45.0 Å². The van der Waals surface area contributed by atoms with Crippen molar-refractivity contribution in [3.63, 3.8) is 0 Å². The molecular weight excluding hydrogens is 424 g/mol. The molecule has 0 aliphatic carbocycles. The molecule has 1 aliphatic heterocycles. The maximum atomic E-state index is 12.6. The summed E-state index contributed by atoms with van der Waals surface area (Å²) in [6, 6.07) is 15.7. The zero-order valence-electron chi connectivity index (χ0n) is 19.0. The van der Waals surface area contributed by atoms with E-state index in [1.54, 1.807) is 18.7 Å². The minimum absolute atomic E-state index is 0.0538. The van der Waals surface area contributed by atoms with Gasteiger partial charge in [-0.15, -0.1) is 11.8 Å². The lowest BCUT2D eigenvalue weighted by molar-refractivity contribution is -0.144. The molecule has 1 N–H and O–H groups in total. The highest BCUT2D eigenvalue weighted by atomic mass is 32.2. The summed E-state index contributed by atoms with van der Waals surface area (Å²) >= 11 is 1.59. The van der Waals surface area contributed by atoms with Crippen LogP contribution in [0.5, 0.6) is 0 Å². The van der Waals surface area contributed by atoms with Crippen LogP contribution in [0.3, 0.4) is 0 Å². The van der Waals surface area contributed by atoms with Crippen LogP contribution in [0.25, 0.3) is 0 Å². The summed E-state index contributed by atoms with van der Waals surface area (Å²) in [6.07, 6.45) is 0.132. The van der Waals surface area contributed by atoms with E-state index in [0.717, 1.165) is 11.3 Å². The monoisotopic (exact) mass is 454 g/mol. The lowest BCUT2D eigenvalue weighted by Crippen LogP contribution is -2.28. The Morgan fingerprint density at radius 1 is 1.06 bits per heavy atom. The lowest BCUT2D eigenvalue weighted by Gasteiger charge is -2.26. The van der Waals surface area contributed by atoms with Crippen LogP contribution in [-0.2, 0) is 24.5 Å². The smallest absolute Gasteiger partial charge is 0.306 e. The Labute approximate surface area is 193 Å². The molecule has 6 nitrogen and oxygen atoms in total. The first-order chi connectivity index (χ1) is 15.2. The highest BCUT2D eigenvalue weighted by molar-refractivity contribution is 8.00. The number of carbonyl (C=O) groups is 3. The lowest BCUT2D eigenvalue weighted by atomic mass is 9.87. The van der Waals surface area contributed by atoms with Gasteiger partial charge in [0.15, 0.2) is 0 Å². The second-order valence-corrected chi connectivity index (χ2v) is 9.77. The van der Waals surface area contributed by atoms with Crippen molar-refractivity contribution in [1.29, 1.82) is 0 Å². The second-order valence-electron chi connectivity index (χ2n) is 8.70. The summed E-state index contributed by atoms with van der Waals surface area (Å²) in [4.78, 5) is 37.9. The quantitative estimate of drug-likeness (QED) is 0.593. The number of esters is 1. The van der Waals surface area contributed by atoms with Crippen LogP contribution in [0.4, 0.5) is 11.4 Å². The molecule has 1 saturated heterocycles. The Hall–Kier alpha value is -2.80. The van der Waals surface area contributed by atoms with E-state index >= 15 is 0 Å². The van der Waals surface area contributed by atoms with Gasteiger partial charge in [0.2, 0.25) is 11.8 Å². The summed E-state index contributed by atoms with van der Waals surface area (Å²) in [5, 5.41) is 2.68. The fourth-order valence-corrected chi connectivity index (χ4v) is 4.65. The Morgan fingerprint density at radius 3 is 2.31 bits per heavy atom. The maximum Gasteiger partial charge on any atom is 0.306 e. The van der Waals surface area contributed by atoms with E-state index in [4.69, 9.17) is 4.74 Å². The number of benzene rings is 2. The molecule has 0 aromatic heterocycles. The van der Waals surface area contributed by atoms with E-state index in [-0.39, 0.29) is 41.4 Å². The Morgan fingerprint density at radius 2 is 1.72 bits per heavy atom. The van der Waals surface area contributed by atoms with Crippen molar-refractivity contribution in [3.05, 3.63) is 59.7 Å². The largest absolute Gasteiger partial charge is 0.466 e. The molecule has 2 amide bonds. The molecule has 2 aromatic rings. The van der Waals surface area contributed by atoms with Crippen LogP contribution in [-0.4, -0.2) is 30.1 Å². The standard InChI is InChI=1S/C25H30N2O4S/c1-5-31-23(30)15-14-21(28)26-19-10-6-17(7-11-19)24-27(22(29)16-32-24)20-12-8-18(9-13-20)25(2,3)4/h6-13,24H,5,14-16H2,1-4H3,(H,26,28)/t24-/m1/s1. The van der Waals surface area contributed by atoms with Gasteiger partial charge in [0.25, 0.3) is 0 Å². The van der Waals surface area contributed by atoms with E-state index in [2.05, 4.69) is 38.2 Å². The van der Waals surface area contributed by atoms with Gasteiger partial charge in [0, 0.05) is 17.8 Å². The van der Waals surface area contributed by atoms with Gasteiger partial charge in [-0.3, -0.25) is 19.3 Å². The van der Waals surface area contributed by atoms with Crippen molar-refractivity contribution in [2.45, 2.75) is 51.3 Å². The summed E-state index contributed by atoms with van der Waals surface area (Å²) in [5.41, 5.74) is 3.80. The number of hydrogen-bond donors (Lipinski definition) is 1. The molecule has 0 spiro atoms. The fraction of sp³-hybridized carbons (Fsp3) is 0.400. The van der Waals surface area contributed by atoms with Crippen molar-refractivity contribution in [1.82, 2.24) is 0 Å². The summed E-state index contributed by atoms with van der Waals surface area (Å²) in [6.45, 7) is 8.54. The molecule has 0 bridgehead atoms. The summed E-state index contributed by atoms with van der Waals surface area (Å²) in [5.74, 6) is -0.105. The van der Waals surface area contributed by atoms with Crippen LogP contribution in [0.2, 0.25) is 0 Å². The molecule has 3 rings (SSSR count). The predicted molar refractivity (Wildman–Crippen MR) is 129 cm³/mol. The van der Waals surface area contributed by atoms with Crippen molar-refractivity contribution < 1.29 is 19.1 Å². The summed E-state index contributed by atoms with van der Waals surface area (Å²) < 4.78 is 4.84. The van der Waals surface area contributed by atoms with Gasteiger partial charge in [-0.2, -0.15) is 0 Å². The van der Waals surface area contributed by atoms with Crippen LogP contribution >= 0.6 is 11.8 Å². The van der Waals surface area contributed by atoms with E-state index in [1.807, 2.05) is 41.3 Å². The third kappa shape index (κ3) is 5.91. The number of nitrogens with zero attached hydrogens (tertiary/aromatic N) is 1. The minimum Gasteiger partial charge on any atom is -0.466 e. The van der Waals surface area contributed by atoms with Gasteiger partial charge < -0.3 is 10.1 Å². The normalized spacial score (nSPS) is 16.2. The highest BCUT2D eigenvalue weighted by Crippen LogP contribution is 2.42. The molecule has 7 heteroatoms. The number of ether oxygens (including phenoxy) is 1. The molecule has 2 aromatic carbocycles. The van der Waals surface area contributed by atoms with Gasteiger partial charge >= 0.3 is 5.97 Å². The van der Waals surface area contributed by atoms with Crippen LogP contribution in [0.1, 0.15) is 57.0 Å². The minimum atomic E-state index is -0.378. The molecule has 32 heavy (non-hydrogen) atoms. The first-order valence-electron chi connectivity index (χ1n) is 10.8. The number of anilines is 2. The number of rotatable bonds is 7. The Balaban J connectivity index is 1.67. The van der Waals surface area contributed by atoms with Crippen molar-refractivity contribution in [2.24, 2.45) is 0 Å². The van der Waals surface area contributed by atoms with Gasteiger partial charge in [0.05, 0.1) is 18.8 Å². The number of hydrogen-bond acceptors (Lipinski definition) is 5. The zero-order valence-corrected chi connectivity index (χ0v) is 19.8. The molecule has 1 atom stereocenters. The van der Waals surface area contributed by atoms with Crippen molar-refractivity contribution in [3.8, 4) is 0 Å². The Bertz CT molecular complexity index is 965. The molecule has 1 fully saturated rings. The van der Waals surface area contributed by atoms with E-state index in [1.165, 1.54) is 5.56 Å². The van der Waals surface area contributed by atoms with Gasteiger partial charge in [-0.25, -0.2) is 0 Å². The number of amides is 2.